The normalized spacial score (nSPS) is 16.1. The summed E-state index contributed by atoms with van der Waals surface area (Å²) in [5, 5.41) is 0. The number of carbonyl (C=O) groups excluding carboxylic acids is 1. The highest BCUT2D eigenvalue weighted by atomic mass is 16.2. The fourth-order valence-corrected chi connectivity index (χ4v) is 4.37. The molecule has 150 valence electrons. The van der Waals surface area contributed by atoms with Crippen molar-refractivity contribution in [3.8, 4) is 11.1 Å². The van der Waals surface area contributed by atoms with Crippen molar-refractivity contribution in [3.05, 3.63) is 60.2 Å². The smallest absolute Gasteiger partial charge is 0.225 e. The summed E-state index contributed by atoms with van der Waals surface area (Å²) in [5.74, 6) is 1.34. The highest BCUT2D eigenvalue weighted by Crippen LogP contribution is 2.26. The van der Waals surface area contributed by atoms with E-state index in [0.717, 1.165) is 45.2 Å². The number of hydrogen-bond acceptors (Lipinski definition) is 1. The van der Waals surface area contributed by atoms with E-state index in [1.165, 1.54) is 29.5 Å². The number of benzene rings is 2. The van der Waals surface area contributed by atoms with Gasteiger partial charge in [0, 0.05) is 19.0 Å². The minimum Gasteiger partial charge on any atom is -0.342 e. The van der Waals surface area contributed by atoms with Crippen LogP contribution in [0.15, 0.2) is 54.6 Å². The van der Waals surface area contributed by atoms with Crippen LogP contribution < -0.4 is 0 Å². The number of nitrogens with zero attached hydrogens (tertiary/aromatic N) is 1. The molecular weight excluding hydrogens is 342 g/mol. The van der Waals surface area contributed by atoms with Gasteiger partial charge in [-0.15, -0.1) is 0 Å². The molecule has 2 nitrogen and oxygen atoms in total. The maximum atomic E-state index is 12.8. The first-order valence-corrected chi connectivity index (χ1v) is 11.1. The number of piperidine rings is 1. The Hall–Kier alpha value is -2.09. The van der Waals surface area contributed by atoms with Crippen molar-refractivity contribution in [2.75, 3.05) is 13.1 Å². The zero-order valence-electron chi connectivity index (χ0n) is 17.6. The maximum absolute atomic E-state index is 12.8. The van der Waals surface area contributed by atoms with Gasteiger partial charge in [0.25, 0.3) is 0 Å². The molecule has 2 aromatic rings. The van der Waals surface area contributed by atoms with Crippen molar-refractivity contribution in [1.82, 2.24) is 4.90 Å². The third-order valence-electron chi connectivity index (χ3n) is 6.26. The summed E-state index contributed by atoms with van der Waals surface area (Å²) in [6.45, 7) is 6.24. The van der Waals surface area contributed by atoms with Crippen molar-refractivity contribution in [1.29, 1.82) is 0 Å². The molecule has 1 atom stereocenters. The Bertz CT molecular complexity index is 714. The highest BCUT2D eigenvalue weighted by Gasteiger charge is 2.27. The van der Waals surface area contributed by atoms with Crippen molar-refractivity contribution in [2.45, 2.75) is 58.8 Å². The molecule has 0 aliphatic carbocycles. The van der Waals surface area contributed by atoms with E-state index in [1.54, 1.807) is 0 Å². The predicted molar refractivity (Wildman–Crippen MR) is 118 cm³/mol. The molecule has 28 heavy (non-hydrogen) atoms. The Kier molecular flexibility index (Phi) is 7.71. The van der Waals surface area contributed by atoms with E-state index in [4.69, 9.17) is 0 Å². The molecule has 1 amide bonds. The SMILES string of the molecule is CCCC[C@@H](CC)C(=O)N1CCC(Cc2ccc(-c3ccccc3)cc2)CC1. The molecule has 0 N–H and O–H groups in total. The third-order valence-corrected chi connectivity index (χ3v) is 6.26. The van der Waals surface area contributed by atoms with Gasteiger partial charge in [0.2, 0.25) is 5.91 Å². The van der Waals surface area contributed by atoms with Crippen LogP contribution in [-0.2, 0) is 11.2 Å². The van der Waals surface area contributed by atoms with Crippen LogP contribution in [0.1, 0.15) is 57.9 Å². The molecular formula is C26H35NO. The van der Waals surface area contributed by atoms with Crippen LogP contribution in [-0.4, -0.2) is 23.9 Å². The Morgan fingerprint density at radius 3 is 2.21 bits per heavy atom. The van der Waals surface area contributed by atoms with E-state index >= 15 is 0 Å². The number of unbranched alkanes of at least 4 members (excludes halogenated alkanes) is 1. The standard InChI is InChI=1S/C26H35NO/c1-3-5-9-23(4-2)26(28)27-18-16-22(17-19-27)20-21-12-14-25(15-13-21)24-10-7-6-8-11-24/h6-8,10-15,22-23H,3-5,9,16-20H2,1-2H3/t23-/m1/s1. The zero-order chi connectivity index (χ0) is 19.8. The fraction of sp³-hybridized carbons (Fsp3) is 0.500. The number of likely N-dealkylation sites (tertiary alicyclic amines) is 1. The van der Waals surface area contributed by atoms with Crippen LogP contribution in [0.2, 0.25) is 0 Å². The van der Waals surface area contributed by atoms with Crippen LogP contribution in [0, 0.1) is 11.8 Å². The summed E-state index contributed by atoms with van der Waals surface area (Å²) >= 11 is 0. The van der Waals surface area contributed by atoms with Gasteiger partial charge in [-0.3, -0.25) is 4.79 Å². The van der Waals surface area contributed by atoms with Crippen molar-refractivity contribution >= 4 is 5.91 Å². The van der Waals surface area contributed by atoms with E-state index in [9.17, 15) is 4.79 Å². The number of rotatable bonds is 8. The molecule has 1 saturated heterocycles. The average molecular weight is 378 g/mol. The van der Waals surface area contributed by atoms with E-state index < -0.39 is 0 Å². The summed E-state index contributed by atoms with van der Waals surface area (Å²) < 4.78 is 0. The first-order chi connectivity index (χ1) is 13.7. The van der Waals surface area contributed by atoms with E-state index in [-0.39, 0.29) is 5.92 Å². The van der Waals surface area contributed by atoms with Crippen LogP contribution >= 0.6 is 0 Å². The molecule has 1 fully saturated rings. The van der Waals surface area contributed by atoms with E-state index in [0.29, 0.717) is 11.8 Å². The lowest BCUT2D eigenvalue weighted by atomic mass is 9.88. The minimum atomic E-state index is 0.238. The molecule has 0 saturated carbocycles. The molecule has 2 aromatic carbocycles. The first-order valence-electron chi connectivity index (χ1n) is 11.1. The van der Waals surface area contributed by atoms with E-state index in [1.807, 2.05) is 0 Å². The van der Waals surface area contributed by atoms with Gasteiger partial charge in [-0.25, -0.2) is 0 Å². The van der Waals surface area contributed by atoms with Crippen molar-refractivity contribution in [3.63, 3.8) is 0 Å². The molecule has 0 bridgehead atoms. The number of hydrogen-bond donors (Lipinski definition) is 0. The molecule has 0 radical (unpaired) electrons. The van der Waals surface area contributed by atoms with Crippen LogP contribution in [0.5, 0.6) is 0 Å². The lowest BCUT2D eigenvalue weighted by Crippen LogP contribution is -2.42. The van der Waals surface area contributed by atoms with Gasteiger partial charge in [-0.1, -0.05) is 81.3 Å². The second kappa shape index (κ2) is 10.5. The predicted octanol–water partition coefficient (Wildman–Crippen LogP) is 6.35. The van der Waals surface area contributed by atoms with Crippen LogP contribution in [0.3, 0.4) is 0 Å². The summed E-state index contributed by atoms with van der Waals surface area (Å²) in [6, 6.07) is 19.6. The summed E-state index contributed by atoms with van der Waals surface area (Å²) in [7, 11) is 0. The number of carbonyl (C=O) groups is 1. The second-order valence-corrected chi connectivity index (χ2v) is 8.28. The van der Waals surface area contributed by atoms with Gasteiger partial charge in [0.15, 0.2) is 0 Å². The van der Waals surface area contributed by atoms with Gasteiger partial charge in [0.1, 0.15) is 0 Å². The quantitative estimate of drug-likeness (QED) is 0.525. The maximum Gasteiger partial charge on any atom is 0.225 e. The topological polar surface area (TPSA) is 20.3 Å². The van der Waals surface area contributed by atoms with Gasteiger partial charge in [0.05, 0.1) is 0 Å². The Morgan fingerprint density at radius 2 is 1.61 bits per heavy atom. The molecule has 1 heterocycles. The van der Waals surface area contributed by atoms with Crippen molar-refractivity contribution < 1.29 is 4.79 Å². The summed E-state index contributed by atoms with van der Waals surface area (Å²) in [6.07, 6.45) is 7.78. The summed E-state index contributed by atoms with van der Waals surface area (Å²) in [4.78, 5) is 14.9. The first kappa shape index (κ1) is 20.6. The van der Waals surface area contributed by atoms with Gasteiger partial charge >= 0.3 is 0 Å². The van der Waals surface area contributed by atoms with Gasteiger partial charge in [-0.05, 0) is 54.7 Å². The molecule has 1 aliphatic heterocycles. The monoisotopic (exact) mass is 377 g/mol. The van der Waals surface area contributed by atoms with Gasteiger partial charge in [-0.2, -0.15) is 0 Å². The Morgan fingerprint density at radius 1 is 0.964 bits per heavy atom. The Balaban J connectivity index is 1.49. The van der Waals surface area contributed by atoms with E-state index in [2.05, 4.69) is 73.3 Å². The van der Waals surface area contributed by atoms with Crippen LogP contribution in [0.25, 0.3) is 11.1 Å². The lowest BCUT2D eigenvalue weighted by Gasteiger charge is -2.34. The highest BCUT2D eigenvalue weighted by molar-refractivity contribution is 5.78. The minimum absolute atomic E-state index is 0.238. The summed E-state index contributed by atoms with van der Waals surface area (Å²) in [5.41, 5.74) is 3.97. The number of amides is 1. The van der Waals surface area contributed by atoms with Crippen LogP contribution in [0.4, 0.5) is 0 Å². The molecule has 3 rings (SSSR count). The molecule has 0 unspecified atom stereocenters. The largest absolute Gasteiger partial charge is 0.342 e. The fourth-order valence-electron chi connectivity index (χ4n) is 4.37. The lowest BCUT2D eigenvalue weighted by molar-refractivity contribution is -0.137. The molecule has 2 heteroatoms. The molecule has 1 aliphatic rings. The van der Waals surface area contributed by atoms with Gasteiger partial charge < -0.3 is 4.90 Å². The zero-order valence-corrected chi connectivity index (χ0v) is 17.6. The average Bonchev–Trinajstić information content (AvgIpc) is 2.76. The van der Waals surface area contributed by atoms with Crippen molar-refractivity contribution in [2.24, 2.45) is 11.8 Å². The molecule has 0 spiro atoms. The third kappa shape index (κ3) is 5.47. The Labute approximate surface area is 171 Å². The second-order valence-electron chi connectivity index (χ2n) is 8.28. The molecule has 0 aromatic heterocycles.